The van der Waals surface area contributed by atoms with Crippen molar-refractivity contribution >= 4 is 28.3 Å². The number of nitrogens with zero attached hydrogens (tertiary/aromatic N) is 6. The molecule has 0 aliphatic rings. The van der Waals surface area contributed by atoms with Gasteiger partial charge < -0.3 is 4.57 Å². The quantitative estimate of drug-likeness (QED) is 0.458. The first-order valence-corrected chi connectivity index (χ1v) is 9.36. The number of aromatic nitrogens is 6. The smallest absolute Gasteiger partial charge is 0.183 e. The van der Waals surface area contributed by atoms with Crippen LogP contribution >= 0.6 is 11.6 Å². The van der Waals surface area contributed by atoms with E-state index in [0.29, 0.717) is 10.8 Å². The van der Waals surface area contributed by atoms with Crippen molar-refractivity contribution in [2.75, 3.05) is 0 Å². The summed E-state index contributed by atoms with van der Waals surface area (Å²) in [5.41, 5.74) is 5.99. The number of rotatable bonds is 3. The van der Waals surface area contributed by atoms with Crippen molar-refractivity contribution in [2.24, 2.45) is 0 Å². The lowest BCUT2D eigenvalue weighted by Crippen LogP contribution is -2.03. The van der Waals surface area contributed by atoms with E-state index in [1.54, 1.807) is 10.8 Å². The van der Waals surface area contributed by atoms with Crippen molar-refractivity contribution in [3.8, 4) is 11.4 Å². The van der Waals surface area contributed by atoms with Crippen LogP contribution in [0.15, 0.2) is 55.1 Å². The molecule has 0 fully saturated rings. The minimum atomic E-state index is 0.596. The van der Waals surface area contributed by atoms with Crippen LogP contribution in [-0.2, 0) is 6.54 Å². The highest BCUT2D eigenvalue weighted by Crippen LogP contribution is 2.30. The normalized spacial score (nSPS) is 11.5. The zero-order valence-electron chi connectivity index (χ0n) is 15.5. The Balaban J connectivity index is 1.72. The van der Waals surface area contributed by atoms with Gasteiger partial charge in [0.15, 0.2) is 11.5 Å². The molecule has 0 aliphatic carbocycles. The van der Waals surface area contributed by atoms with Gasteiger partial charge in [-0.15, -0.1) is 5.10 Å². The van der Waals surface area contributed by atoms with Crippen LogP contribution in [0.2, 0.25) is 5.02 Å². The summed E-state index contributed by atoms with van der Waals surface area (Å²) in [5, 5.41) is 6.24. The molecule has 0 radical (unpaired) electrons. The Labute approximate surface area is 166 Å². The van der Waals surface area contributed by atoms with Gasteiger partial charge in [0.1, 0.15) is 12.0 Å². The van der Waals surface area contributed by atoms with E-state index >= 15 is 0 Å². The number of hydrogen-bond donors (Lipinski definition) is 0. The number of aryl methyl sites for hydroxylation is 1. The maximum Gasteiger partial charge on any atom is 0.183 e. The molecular weight excluding hydrogens is 372 g/mol. The van der Waals surface area contributed by atoms with Crippen LogP contribution in [0.4, 0.5) is 0 Å². The molecule has 0 bridgehead atoms. The Bertz CT molecular complexity index is 1320. The van der Waals surface area contributed by atoms with Gasteiger partial charge in [0.25, 0.3) is 0 Å². The molecule has 6 nitrogen and oxygen atoms in total. The Hall–Kier alpha value is -3.25. The third-order valence-electron chi connectivity index (χ3n) is 5.15. The zero-order chi connectivity index (χ0) is 19.3. The standard InChI is InChI=1S/C21H17ClN6/c1-13-14(2)27(11-15-7-9-23-10-8-15)20-18(13)21-25-19(26-28(21)12-24-20)16-5-3-4-6-17(16)22/h3-10,12H,11H2,1-2H3. The SMILES string of the molecule is Cc1c(C)n(Cc2ccncc2)c2ncn3nc(-c4ccccc4Cl)nc3c12. The maximum atomic E-state index is 6.34. The number of halogens is 1. The molecule has 5 rings (SSSR count). The fourth-order valence-corrected chi connectivity index (χ4v) is 3.77. The fourth-order valence-electron chi connectivity index (χ4n) is 3.55. The highest BCUT2D eigenvalue weighted by molar-refractivity contribution is 6.33. The van der Waals surface area contributed by atoms with Gasteiger partial charge in [-0.2, -0.15) is 0 Å². The predicted molar refractivity (Wildman–Crippen MR) is 110 cm³/mol. The average molecular weight is 389 g/mol. The summed E-state index contributed by atoms with van der Waals surface area (Å²) in [6.45, 7) is 4.94. The van der Waals surface area contributed by atoms with Crippen LogP contribution in [-0.4, -0.2) is 29.1 Å². The lowest BCUT2D eigenvalue weighted by atomic mass is 10.2. The van der Waals surface area contributed by atoms with E-state index in [4.69, 9.17) is 21.6 Å². The topological polar surface area (TPSA) is 60.9 Å². The van der Waals surface area contributed by atoms with Crippen LogP contribution in [0.3, 0.4) is 0 Å². The maximum absolute atomic E-state index is 6.34. The molecule has 0 N–H and O–H groups in total. The Morgan fingerprint density at radius 2 is 1.79 bits per heavy atom. The first kappa shape index (κ1) is 16.9. The van der Waals surface area contributed by atoms with E-state index in [2.05, 4.69) is 28.5 Å². The van der Waals surface area contributed by atoms with Crippen LogP contribution in [0.5, 0.6) is 0 Å². The van der Waals surface area contributed by atoms with Gasteiger partial charge in [0, 0.05) is 30.2 Å². The number of hydrogen-bond acceptors (Lipinski definition) is 4. The van der Waals surface area contributed by atoms with E-state index in [0.717, 1.165) is 40.0 Å². The molecule has 4 aromatic heterocycles. The van der Waals surface area contributed by atoms with Crippen LogP contribution in [0.1, 0.15) is 16.8 Å². The van der Waals surface area contributed by atoms with Gasteiger partial charge in [0.2, 0.25) is 0 Å². The first-order chi connectivity index (χ1) is 13.6. The molecule has 0 saturated carbocycles. The second-order valence-electron chi connectivity index (χ2n) is 6.78. The van der Waals surface area contributed by atoms with Crippen LogP contribution in [0.25, 0.3) is 28.1 Å². The van der Waals surface area contributed by atoms with Gasteiger partial charge in [-0.25, -0.2) is 14.5 Å². The lowest BCUT2D eigenvalue weighted by molar-refractivity contribution is 0.786. The molecule has 5 aromatic rings. The minimum absolute atomic E-state index is 0.596. The summed E-state index contributed by atoms with van der Waals surface area (Å²) in [7, 11) is 0. The molecule has 28 heavy (non-hydrogen) atoms. The third kappa shape index (κ3) is 2.57. The van der Waals surface area contributed by atoms with E-state index in [1.807, 2.05) is 48.8 Å². The number of pyridine rings is 1. The van der Waals surface area contributed by atoms with E-state index in [-0.39, 0.29) is 0 Å². The highest BCUT2D eigenvalue weighted by Gasteiger charge is 2.19. The van der Waals surface area contributed by atoms with Crippen molar-refractivity contribution in [1.82, 2.24) is 29.1 Å². The molecule has 7 heteroatoms. The zero-order valence-corrected chi connectivity index (χ0v) is 16.2. The summed E-state index contributed by atoms with van der Waals surface area (Å²) >= 11 is 6.34. The molecule has 0 unspecified atom stereocenters. The summed E-state index contributed by atoms with van der Waals surface area (Å²) in [6.07, 6.45) is 5.33. The average Bonchev–Trinajstić information content (AvgIpc) is 3.24. The molecule has 4 heterocycles. The Morgan fingerprint density at radius 3 is 2.57 bits per heavy atom. The fraction of sp³-hybridized carbons (Fsp3) is 0.143. The molecule has 0 atom stereocenters. The second kappa shape index (κ2) is 6.42. The van der Waals surface area contributed by atoms with E-state index in [9.17, 15) is 0 Å². The largest absolute Gasteiger partial charge is 0.325 e. The molecule has 0 amide bonds. The monoisotopic (exact) mass is 388 g/mol. The van der Waals surface area contributed by atoms with Crippen molar-refractivity contribution in [2.45, 2.75) is 20.4 Å². The van der Waals surface area contributed by atoms with Gasteiger partial charge in [-0.3, -0.25) is 4.98 Å². The first-order valence-electron chi connectivity index (χ1n) is 8.98. The Kier molecular flexibility index (Phi) is 3.87. The van der Waals surface area contributed by atoms with Gasteiger partial charge in [-0.1, -0.05) is 23.7 Å². The molecular formula is C21H17ClN6. The second-order valence-corrected chi connectivity index (χ2v) is 7.19. The predicted octanol–water partition coefficient (Wildman–Crippen LogP) is 4.46. The van der Waals surface area contributed by atoms with Crippen molar-refractivity contribution in [3.63, 3.8) is 0 Å². The Morgan fingerprint density at radius 1 is 1.00 bits per heavy atom. The third-order valence-corrected chi connectivity index (χ3v) is 5.48. The van der Waals surface area contributed by atoms with Crippen molar-refractivity contribution in [1.29, 1.82) is 0 Å². The van der Waals surface area contributed by atoms with Crippen molar-refractivity contribution < 1.29 is 0 Å². The lowest BCUT2D eigenvalue weighted by Gasteiger charge is -2.07. The summed E-state index contributed by atoms with van der Waals surface area (Å²) in [4.78, 5) is 13.6. The molecule has 138 valence electrons. The molecule has 0 spiro atoms. The van der Waals surface area contributed by atoms with Gasteiger partial charge in [0.05, 0.1) is 10.4 Å². The summed E-state index contributed by atoms with van der Waals surface area (Å²) in [6, 6.07) is 11.6. The highest BCUT2D eigenvalue weighted by atomic mass is 35.5. The summed E-state index contributed by atoms with van der Waals surface area (Å²) < 4.78 is 3.94. The van der Waals surface area contributed by atoms with Crippen LogP contribution < -0.4 is 0 Å². The summed E-state index contributed by atoms with van der Waals surface area (Å²) in [5.74, 6) is 0.596. The van der Waals surface area contributed by atoms with E-state index in [1.165, 1.54) is 5.56 Å². The number of benzene rings is 1. The van der Waals surface area contributed by atoms with Gasteiger partial charge >= 0.3 is 0 Å². The molecule has 0 saturated heterocycles. The van der Waals surface area contributed by atoms with Crippen molar-refractivity contribution in [3.05, 3.63) is 77.0 Å². The minimum Gasteiger partial charge on any atom is -0.325 e. The van der Waals surface area contributed by atoms with Crippen LogP contribution in [0, 0.1) is 13.8 Å². The number of fused-ring (bicyclic) bond motifs is 3. The molecule has 1 aromatic carbocycles. The van der Waals surface area contributed by atoms with Gasteiger partial charge in [-0.05, 0) is 49.2 Å². The molecule has 0 aliphatic heterocycles. The van der Waals surface area contributed by atoms with E-state index < -0.39 is 0 Å².